The van der Waals surface area contributed by atoms with Gasteiger partial charge in [0.25, 0.3) is 0 Å². The molecule has 0 atom stereocenters. The van der Waals surface area contributed by atoms with E-state index in [4.69, 9.17) is 23.8 Å². The largest absolute Gasteiger partial charge is 0.455 e. The Morgan fingerprint density at radius 1 is 0.327 bits per heavy atom. The average Bonchev–Trinajstić information content (AvgIpc) is 3.78. The molecule has 5 nitrogen and oxygen atoms in total. The summed E-state index contributed by atoms with van der Waals surface area (Å²) in [6, 6.07) is 56.2. The quantitative estimate of drug-likeness (QED) is 0.187. The van der Waals surface area contributed by atoms with Gasteiger partial charge in [-0.05, 0) is 57.9 Å². The highest BCUT2D eigenvalue weighted by Gasteiger charge is 2.23. The maximum atomic E-state index is 6.90. The second-order valence-electron chi connectivity index (χ2n) is 13.2. The van der Waals surface area contributed by atoms with E-state index >= 15 is 0 Å². The van der Waals surface area contributed by atoms with E-state index in [1.807, 2.05) is 48.5 Å². The van der Waals surface area contributed by atoms with Gasteiger partial charge in [-0.3, -0.25) is 0 Å². The summed E-state index contributed by atoms with van der Waals surface area (Å²) in [4.78, 5) is 15.4. The number of nitrogens with zero attached hydrogens (tertiary/aromatic N) is 3. The molecule has 11 rings (SSSR count). The van der Waals surface area contributed by atoms with Gasteiger partial charge in [0, 0.05) is 49.4 Å². The lowest BCUT2D eigenvalue weighted by Crippen LogP contribution is -2.00. The fraction of sp³-hybridized carbons (Fsp3) is 0. The number of aromatic nitrogens is 3. The summed E-state index contributed by atoms with van der Waals surface area (Å²) in [5, 5.41) is 8.63. The molecule has 11 aromatic rings. The van der Waals surface area contributed by atoms with Crippen molar-refractivity contribution >= 4 is 65.4 Å². The highest BCUT2D eigenvalue weighted by Crippen LogP contribution is 2.45. The molecule has 3 heterocycles. The number of para-hydroxylation sites is 2. The number of rotatable bonds is 4. The highest BCUT2D eigenvalue weighted by atomic mass is 16.3. The van der Waals surface area contributed by atoms with Gasteiger partial charge in [-0.2, -0.15) is 0 Å². The molecular weight excluding hydrogens is 639 g/mol. The third kappa shape index (κ3) is 4.46. The van der Waals surface area contributed by atoms with E-state index in [-0.39, 0.29) is 0 Å². The van der Waals surface area contributed by atoms with Gasteiger partial charge in [0.1, 0.15) is 22.3 Å². The number of hydrogen-bond donors (Lipinski definition) is 0. The van der Waals surface area contributed by atoms with Crippen molar-refractivity contribution < 1.29 is 8.83 Å². The molecule has 0 aliphatic carbocycles. The minimum Gasteiger partial charge on any atom is -0.455 e. The molecule has 3 aromatic heterocycles. The first kappa shape index (κ1) is 28.7. The van der Waals surface area contributed by atoms with E-state index in [1.54, 1.807) is 0 Å². The third-order valence-electron chi connectivity index (χ3n) is 10.1. The molecule has 8 aromatic carbocycles. The van der Waals surface area contributed by atoms with Crippen LogP contribution >= 0.6 is 0 Å². The van der Waals surface area contributed by atoms with Crippen molar-refractivity contribution in [3.05, 3.63) is 164 Å². The highest BCUT2D eigenvalue weighted by molar-refractivity contribution is 6.20. The van der Waals surface area contributed by atoms with E-state index in [9.17, 15) is 0 Å². The molecule has 52 heavy (non-hydrogen) atoms. The molecular formula is C47H27N3O2. The SMILES string of the molecule is c1ccc(-c2nc(-c3ccc4ccccc4c3)nc(-c3ccc(-c4cccc5c4oc4ccccc45)c4oc5cc6ccccc6cc5c34)n2)cc1. The molecule has 0 aliphatic heterocycles. The second kappa shape index (κ2) is 11.2. The summed E-state index contributed by atoms with van der Waals surface area (Å²) in [6.45, 7) is 0. The summed E-state index contributed by atoms with van der Waals surface area (Å²) < 4.78 is 13.4. The second-order valence-corrected chi connectivity index (χ2v) is 13.2. The van der Waals surface area contributed by atoms with Gasteiger partial charge in [0.05, 0.1) is 0 Å². The summed E-state index contributed by atoms with van der Waals surface area (Å²) in [6.07, 6.45) is 0. The minimum absolute atomic E-state index is 0.575. The van der Waals surface area contributed by atoms with Gasteiger partial charge in [0.15, 0.2) is 17.5 Å². The standard InChI is InChI=1S/C47H27N3O2/c1-2-12-29(13-3-1)45-48-46(33-22-21-28-11-4-5-14-30(28)25-33)50-47(49-45)38-24-23-37(36-19-10-18-35-34-17-8-9-20-40(34)51-43(35)36)44-42(38)39-26-31-15-6-7-16-32(31)27-41(39)52-44/h1-27H. The Balaban J connectivity index is 1.22. The van der Waals surface area contributed by atoms with Crippen molar-refractivity contribution in [2.75, 3.05) is 0 Å². The van der Waals surface area contributed by atoms with Crippen LogP contribution in [-0.4, -0.2) is 15.0 Å². The van der Waals surface area contributed by atoms with Crippen LogP contribution in [0.5, 0.6) is 0 Å². The Morgan fingerprint density at radius 3 is 1.79 bits per heavy atom. The Morgan fingerprint density at radius 2 is 0.942 bits per heavy atom. The number of fused-ring (bicyclic) bond motifs is 8. The first-order valence-corrected chi connectivity index (χ1v) is 17.3. The van der Waals surface area contributed by atoms with Crippen molar-refractivity contribution in [1.82, 2.24) is 15.0 Å². The molecule has 5 heteroatoms. The maximum Gasteiger partial charge on any atom is 0.164 e. The molecule has 0 saturated heterocycles. The predicted octanol–water partition coefficient (Wildman–Crippen LogP) is 12.6. The normalized spacial score (nSPS) is 11.8. The van der Waals surface area contributed by atoms with Crippen molar-refractivity contribution in [3.8, 4) is 45.3 Å². The van der Waals surface area contributed by atoms with Gasteiger partial charge >= 0.3 is 0 Å². The zero-order chi connectivity index (χ0) is 34.2. The molecule has 0 N–H and O–H groups in total. The van der Waals surface area contributed by atoms with Gasteiger partial charge in [-0.25, -0.2) is 15.0 Å². The van der Waals surface area contributed by atoms with Crippen molar-refractivity contribution in [3.63, 3.8) is 0 Å². The van der Waals surface area contributed by atoms with Crippen molar-refractivity contribution in [1.29, 1.82) is 0 Å². The Kier molecular flexibility index (Phi) is 6.18. The van der Waals surface area contributed by atoms with Crippen molar-refractivity contribution in [2.24, 2.45) is 0 Å². The Hall–Kier alpha value is -7.11. The molecule has 0 saturated carbocycles. The van der Waals surface area contributed by atoms with Crippen LogP contribution in [0.25, 0.3) is 111 Å². The molecule has 0 radical (unpaired) electrons. The van der Waals surface area contributed by atoms with Crippen LogP contribution in [-0.2, 0) is 0 Å². The minimum atomic E-state index is 0.575. The summed E-state index contributed by atoms with van der Waals surface area (Å²) in [5.41, 5.74) is 7.85. The van der Waals surface area contributed by atoms with Crippen LogP contribution < -0.4 is 0 Å². The van der Waals surface area contributed by atoms with Crippen LogP contribution in [0.15, 0.2) is 173 Å². The van der Waals surface area contributed by atoms with Crippen LogP contribution in [0, 0.1) is 0 Å². The van der Waals surface area contributed by atoms with Crippen molar-refractivity contribution in [2.45, 2.75) is 0 Å². The van der Waals surface area contributed by atoms with Gasteiger partial charge in [-0.15, -0.1) is 0 Å². The lowest BCUT2D eigenvalue weighted by atomic mass is 9.96. The summed E-state index contributed by atoms with van der Waals surface area (Å²) in [7, 11) is 0. The zero-order valence-electron chi connectivity index (χ0n) is 27.7. The van der Waals surface area contributed by atoms with Gasteiger partial charge < -0.3 is 8.83 Å². The van der Waals surface area contributed by atoms with E-state index in [0.29, 0.717) is 17.5 Å². The van der Waals surface area contributed by atoms with Crippen LogP contribution in [0.2, 0.25) is 0 Å². The average molecular weight is 666 g/mol. The van der Waals surface area contributed by atoms with Crippen LogP contribution in [0.4, 0.5) is 0 Å². The first-order chi connectivity index (χ1) is 25.7. The topological polar surface area (TPSA) is 65.0 Å². The molecule has 242 valence electrons. The lowest BCUT2D eigenvalue weighted by molar-refractivity contribution is 0.665. The molecule has 0 aliphatic rings. The van der Waals surface area contributed by atoms with E-state index in [1.165, 1.54) is 0 Å². The molecule has 0 fully saturated rings. The molecule has 0 amide bonds. The smallest absolute Gasteiger partial charge is 0.164 e. The van der Waals surface area contributed by atoms with Crippen LogP contribution in [0.1, 0.15) is 0 Å². The predicted molar refractivity (Wildman–Crippen MR) is 211 cm³/mol. The first-order valence-electron chi connectivity index (χ1n) is 17.3. The zero-order valence-corrected chi connectivity index (χ0v) is 27.7. The van der Waals surface area contributed by atoms with E-state index < -0.39 is 0 Å². The Labute approximate surface area is 297 Å². The molecule has 0 bridgehead atoms. The number of hydrogen-bond acceptors (Lipinski definition) is 5. The number of benzene rings is 8. The monoisotopic (exact) mass is 665 g/mol. The van der Waals surface area contributed by atoms with Gasteiger partial charge in [0.2, 0.25) is 0 Å². The Bertz CT molecular complexity index is 3190. The molecule has 0 unspecified atom stereocenters. The van der Waals surface area contributed by atoms with E-state index in [2.05, 4.69) is 115 Å². The summed E-state index contributed by atoms with van der Waals surface area (Å²) in [5.74, 6) is 1.79. The number of furan rings is 2. The fourth-order valence-corrected chi connectivity index (χ4v) is 7.59. The lowest BCUT2D eigenvalue weighted by Gasteiger charge is -2.11. The fourth-order valence-electron chi connectivity index (χ4n) is 7.59. The maximum absolute atomic E-state index is 6.90. The van der Waals surface area contributed by atoms with E-state index in [0.717, 1.165) is 93.2 Å². The van der Waals surface area contributed by atoms with Gasteiger partial charge in [-0.1, -0.05) is 127 Å². The molecule has 0 spiro atoms. The van der Waals surface area contributed by atoms with Crippen LogP contribution in [0.3, 0.4) is 0 Å². The summed E-state index contributed by atoms with van der Waals surface area (Å²) >= 11 is 0. The third-order valence-corrected chi connectivity index (χ3v) is 10.1.